The van der Waals surface area contributed by atoms with Gasteiger partial charge in [0.05, 0.1) is 7.11 Å². The van der Waals surface area contributed by atoms with Crippen molar-refractivity contribution >= 4 is 11.6 Å². The fraction of sp³-hybridized carbons (Fsp3) is 0.250. The molecule has 0 fully saturated rings. The monoisotopic (exact) mass is 291 g/mol. The molecular weight excluding hydrogens is 274 g/mol. The van der Waals surface area contributed by atoms with Gasteiger partial charge in [-0.1, -0.05) is 23.7 Å². The Morgan fingerprint density at radius 3 is 2.25 bits per heavy atom. The van der Waals surface area contributed by atoms with E-state index in [0.29, 0.717) is 6.61 Å². The van der Waals surface area contributed by atoms with Gasteiger partial charge in [-0.05, 0) is 42.0 Å². The summed E-state index contributed by atoms with van der Waals surface area (Å²) in [6.07, 6.45) is 0. The highest BCUT2D eigenvalue weighted by atomic mass is 35.5. The minimum Gasteiger partial charge on any atom is -0.497 e. The van der Waals surface area contributed by atoms with Crippen molar-refractivity contribution in [1.29, 1.82) is 0 Å². The van der Waals surface area contributed by atoms with Crippen molar-refractivity contribution in [2.75, 3.05) is 20.3 Å². The van der Waals surface area contributed by atoms with E-state index in [9.17, 15) is 0 Å². The highest BCUT2D eigenvalue weighted by Gasteiger charge is 1.96. The summed E-state index contributed by atoms with van der Waals surface area (Å²) in [6.45, 7) is 2.22. The summed E-state index contributed by atoms with van der Waals surface area (Å²) >= 11 is 5.84. The van der Waals surface area contributed by atoms with E-state index in [0.717, 1.165) is 29.6 Å². The minimum atomic E-state index is 0.625. The van der Waals surface area contributed by atoms with Crippen molar-refractivity contribution in [2.45, 2.75) is 6.54 Å². The molecule has 4 heteroatoms. The van der Waals surface area contributed by atoms with Crippen LogP contribution in [0.2, 0.25) is 5.02 Å². The molecule has 2 rings (SSSR count). The molecule has 20 heavy (non-hydrogen) atoms. The van der Waals surface area contributed by atoms with Crippen LogP contribution >= 0.6 is 11.6 Å². The first-order chi connectivity index (χ1) is 9.78. The third kappa shape index (κ3) is 4.76. The molecule has 0 unspecified atom stereocenters. The maximum atomic E-state index is 5.84. The zero-order chi connectivity index (χ0) is 14.2. The molecular formula is C16H18ClNO2. The van der Waals surface area contributed by atoms with Gasteiger partial charge in [-0.3, -0.25) is 0 Å². The van der Waals surface area contributed by atoms with Gasteiger partial charge in [-0.2, -0.15) is 0 Å². The van der Waals surface area contributed by atoms with Gasteiger partial charge in [0, 0.05) is 18.1 Å². The van der Waals surface area contributed by atoms with Gasteiger partial charge < -0.3 is 14.8 Å². The van der Waals surface area contributed by atoms with E-state index in [1.54, 1.807) is 7.11 Å². The fourth-order valence-corrected chi connectivity index (χ4v) is 1.87. The van der Waals surface area contributed by atoms with Crippen LogP contribution in [-0.2, 0) is 6.54 Å². The lowest BCUT2D eigenvalue weighted by Gasteiger charge is -2.08. The van der Waals surface area contributed by atoms with E-state index in [1.807, 2.05) is 48.5 Å². The summed E-state index contributed by atoms with van der Waals surface area (Å²) in [6, 6.07) is 15.4. The molecule has 0 saturated heterocycles. The summed E-state index contributed by atoms with van der Waals surface area (Å²) in [7, 11) is 1.65. The molecule has 3 nitrogen and oxygen atoms in total. The summed E-state index contributed by atoms with van der Waals surface area (Å²) in [5.41, 5.74) is 1.21. The fourth-order valence-electron chi connectivity index (χ4n) is 1.75. The quantitative estimate of drug-likeness (QED) is 0.792. The lowest BCUT2D eigenvalue weighted by atomic mass is 10.2. The number of rotatable bonds is 7. The van der Waals surface area contributed by atoms with Gasteiger partial charge in [0.25, 0.3) is 0 Å². The lowest BCUT2D eigenvalue weighted by molar-refractivity contribution is 0.313. The van der Waals surface area contributed by atoms with Crippen LogP contribution < -0.4 is 14.8 Å². The van der Waals surface area contributed by atoms with Crippen molar-refractivity contribution in [1.82, 2.24) is 5.32 Å². The lowest BCUT2D eigenvalue weighted by Crippen LogP contribution is -2.20. The van der Waals surface area contributed by atoms with Crippen LogP contribution in [0.3, 0.4) is 0 Å². The van der Waals surface area contributed by atoms with Gasteiger partial charge >= 0.3 is 0 Å². The summed E-state index contributed by atoms with van der Waals surface area (Å²) < 4.78 is 10.7. The zero-order valence-corrected chi connectivity index (χ0v) is 12.2. The second kappa shape index (κ2) is 7.78. The Balaban J connectivity index is 1.64. The van der Waals surface area contributed by atoms with E-state index in [-0.39, 0.29) is 0 Å². The van der Waals surface area contributed by atoms with Crippen molar-refractivity contribution in [3.63, 3.8) is 0 Å². The van der Waals surface area contributed by atoms with Crippen molar-refractivity contribution in [2.24, 2.45) is 0 Å². The maximum absolute atomic E-state index is 5.84. The molecule has 0 atom stereocenters. The van der Waals surface area contributed by atoms with Crippen LogP contribution in [0.15, 0.2) is 48.5 Å². The van der Waals surface area contributed by atoms with E-state index in [2.05, 4.69) is 5.32 Å². The van der Waals surface area contributed by atoms with Gasteiger partial charge in [-0.15, -0.1) is 0 Å². The summed E-state index contributed by atoms with van der Waals surface area (Å²) in [4.78, 5) is 0. The molecule has 0 heterocycles. The molecule has 0 amide bonds. The Morgan fingerprint density at radius 1 is 0.950 bits per heavy atom. The minimum absolute atomic E-state index is 0.625. The van der Waals surface area contributed by atoms with Gasteiger partial charge in [0.1, 0.15) is 18.1 Å². The standard InChI is InChI=1S/C16H18ClNO2/c1-19-15-6-8-16(9-7-15)20-11-10-18-12-13-2-4-14(17)5-3-13/h2-9,18H,10-12H2,1H3. The van der Waals surface area contributed by atoms with Gasteiger partial charge in [-0.25, -0.2) is 0 Å². The highest BCUT2D eigenvalue weighted by molar-refractivity contribution is 6.30. The maximum Gasteiger partial charge on any atom is 0.119 e. The normalized spacial score (nSPS) is 10.3. The first kappa shape index (κ1) is 14.7. The molecule has 0 spiro atoms. The zero-order valence-electron chi connectivity index (χ0n) is 11.4. The van der Waals surface area contributed by atoms with Crippen LogP contribution in [0.5, 0.6) is 11.5 Å². The number of methoxy groups -OCH3 is 1. The van der Waals surface area contributed by atoms with Crippen molar-refractivity contribution < 1.29 is 9.47 Å². The smallest absolute Gasteiger partial charge is 0.119 e. The van der Waals surface area contributed by atoms with E-state index < -0.39 is 0 Å². The Kier molecular flexibility index (Phi) is 5.71. The Morgan fingerprint density at radius 2 is 1.60 bits per heavy atom. The number of ether oxygens (including phenoxy) is 2. The predicted octanol–water partition coefficient (Wildman–Crippen LogP) is 3.52. The average molecular weight is 292 g/mol. The Hall–Kier alpha value is -1.71. The molecule has 106 valence electrons. The largest absolute Gasteiger partial charge is 0.497 e. The van der Waals surface area contributed by atoms with Crippen molar-refractivity contribution in [3.05, 3.63) is 59.1 Å². The van der Waals surface area contributed by atoms with Gasteiger partial charge in [0.15, 0.2) is 0 Å². The van der Waals surface area contributed by atoms with E-state index in [1.165, 1.54) is 5.56 Å². The van der Waals surface area contributed by atoms with Crippen LogP contribution in [0, 0.1) is 0 Å². The number of halogens is 1. The number of nitrogens with one attached hydrogen (secondary N) is 1. The van der Waals surface area contributed by atoms with E-state index in [4.69, 9.17) is 21.1 Å². The summed E-state index contributed by atoms with van der Waals surface area (Å²) in [5, 5.41) is 4.08. The van der Waals surface area contributed by atoms with Crippen LogP contribution in [-0.4, -0.2) is 20.3 Å². The number of benzene rings is 2. The number of hydrogen-bond donors (Lipinski definition) is 1. The van der Waals surface area contributed by atoms with Crippen LogP contribution in [0.25, 0.3) is 0 Å². The molecule has 2 aromatic carbocycles. The molecule has 0 bridgehead atoms. The summed E-state index contributed by atoms with van der Waals surface area (Å²) in [5.74, 6) is 1.68. The third-order valence-corrected chi connectivity index (χ3v) is 3.10. The second-order valence-corrected chi connectivity index (χ2v) is 4.76. The number of hydrogen-bond acceptors (Lipinski definition) is 3. The van der Waals surface area contributed by atoms with Gasteiger partial charge in [0.2, 0.25) is 0 Å². The molecule has 1 N–H and O–H groups in total. The third-order valence-electron chi connectivity index (χ3n) is 2.85. The molecule has 0 aromatic heterocycles. The highest BCUT2D eigenvalue weighted by Crippen LogP contribution is 2.16. The molecule has 0 saturated carbocycles. The average Bonchev–Trinajstić information content (AvgIpc) is 2.49. The van der Waals surface area contributed by atoms with Crippen molar-refractivity contribution in [3.8, 4) is 11.5 Å². The molecule has 2 aromatic rings. The topological polar surface area (TPSA) is 30.5 Å². The molecule has 0 aliphatic carbocycles. The molecule has 0 aliphatic heterocycles. The van der Waals surface area contributed by atoms with Crippen LogP contribution in [0.4, 0.5) is 0 Å². The molecule has 0 radical (unpaired) electrons. The first-order valence-corrected chi connectivity index (χ1v) is 6.88. The Bertz CT molecular complexity index is 511. The predicted molar refractivity (Wildman–Crippen MR) is 81.6 cm³/mol. The Labute approximate surface area is 124 Å². The molecule has 0 aliphatic rings. The van der Waals surface area contributed by atoms with E-state index >= 15 is 0 Å². The first-order valence-electron chi connectivity index (χ1n) is 6.50. The second-order valence-electron chi connectivity index (χ2n) is 4.33. The SMILES string of the molecule is COc1ccc(OCCNCc2ccc(Cl)cc2)cc1. The van der Waals surface area contributed by atoms with Crippen LogP contribution in [0.1, 0.15) is 5.56 Å².